The van der Waals surface area contributed by atoms with Crippen LogP contribution in [0.2, 0.25) is 0 Å². The van der Waals surface area contributed by atoms with Gasteiger partial charge in [-0.3, -0.25) is 4.79 Å². The molecular formula is C12H21N3O2. The number of imidazole rings is 1. The Labute approximate surface area is 102 Å². The van der Waals surface area contributed by atoms with Gasteiger partial charge in [-0.15, -0.1) is 0 Å². The highest BCUT2D eigenvalue weighted by Crippen LogP contribution is 1.94. The number of rotatable bonds is 8. The summed E-state index contributed by atoms with van der Waals surface area (Å²) < 4.78 is 7.23. The summed E-state index contributed by atoms with van der Waals surface area (Å²) >= 11 is 0. The summed E-state index contributed by atoms with van der Waals surface area (Å²) in [6, 6.07) is 0. The molecule has 5 nitrogen and oxygen atoms in total. The van der Waals surface area contributed by atoms with Crippen molar-refractivity contribution in [1.82, 2.24) is 14.9 Å². The second-order valence-corrected chi connectivity index (χ2v) is 4.22. The van der Waals surface area contributed by atoms with Crippen molar-refractivity contribution in [3.63, 3.8) is 0 Å². The van der Waals surface area contributed by atoms with Gasteiger partial charge >= 0.3 is 0 Å². The van der Waals surface area contributed by atoms with Crippen LogP contribution in [0.4, 0.5) is 0 Å². The zero-order chi connectivity index (χ0) is 12.5. The zero-order valence-electron chi connectivity index (χ0n) is 10.6. The van der Waals surface area contributed by atoms with Gasteiger partial charge in [0.15, 0.2) is 0 Å². The second-order valence-electron chi connectivity index (χ2n) is 4.22. The Morgan fingerprint density at radius 3 is 2.94 bits per heavy atom. The van der Waals surface area contributed by atoms with Crippen LogP contribution in [0.3, 0.4) is 0 Å². The molecule has 0 aromatic carbocycles. The molecule has 0 aliphatic heterocycles. The Hall–Kier alpha value is -1.36. The number of carbonyl (C=O) groups is 1. The second kappa shape index (κ2) is 7.84. The zero-order valence-corrected chi connectivity index (χ0v) is 10.6. The lowest BCUT2D eigenvalue weighted by Gasteiger charge is -2.08. The number of amides is 1. The van der Waals surface area contributed by atoms with Gasteiger partial charge in [-0.25, -0.2) is 4.98 Å². The van der Waals surface area contributed by atoms with E-state index in [9.17, 15) is 4.79 Å². The lowest BCUT2D eigenvalue weighted by atomic mass is 10.3. The van der Waals surface area contributed by atoms with E-state index < -0.39 is 0 Å². The van der Waals surface area contributed by atoms with Gasteiger partial charge in [0, 0.05) is 25.5 Å². The van der Waals surface area contributed by atoms with Crippen molar-refractivity contribution in [3.8, 4) is 0 Å². The lowest BCUT2D eigenvalue weighted by molar-refractivity contribution is -0.127. The summed E-state index contributed by atoms with van der Waals surface area (Å²) in [7, 11) is 0. The highest BCUT2D eigenvalue weighted by atomic mass is 16.5. The third-order valence-corrected chi connectivity index (χ3v) is 2.27. The minimum absolute atomic E-state index is 0.0404. The minimum atomic E-state index is -0.0404. The highest BCUT2D eigenvalue weighted by Gasteiger charge is 2.01. The van der Waals surface area contributed by atoms with Crippen molar-refractivity contribution in [2.45, 2.75) is 39.3 Å². The molecule has 1 N–H and O–H groups in total. The predicted molar refractivity (Wildman–Crippen MR) is 65.6 cm³/mol. The molecule has 1 heterocycles. The van der Waals surface area contributed by atoms with Crippen LogP contribution < -0.4 is 5.32 Å². The fourth-order valence-corrected chi connectivity index (χ4v) is 1.36. The van der Waals surface area contributed by atoms with Crippen LogP contribution in [0, 0.1) is 0 Å². The number of unbranched alkanes of at least 4 members (excludes halogenated alkanes) is 1. The summed E-state index contributed by atoms with van der Waals surface area (Å²) in [6.07, 6.45) is 7.60. The summed E-state index contributed by atoms with van der Waals surface area (Å²) in [5, 5.41) is 2.83. The lowest BCUT2D eigenvalue weighted by Crippen LogP contribution is -2.29. The maximum Gasteiger partial charge on any atom is 0.246 e. The van der Waals surface area contributed by atoms with Crippen LogP contribution in [0.25, 0.3) is 0 Å². The Kier molecular flexibility index (Phi) is 6.32. The number of aromatic nitrogens is 2. The van der Waals surface area contributed by atoms with Crippen LogP contribution in [0.1, 0.15) is 26.7 Å². The number of nitrogens with zero attached hydrogens (tertiary/aromatic N) is 2. The maximum atomic E-state index is 11.3. The largest absolute Gasteiger partial charge is 0.369 e. The van der Waals surface area contributed by atoms with Gasteiger partial charge in [-0.2, -0.15) is 0 Å². The maximum absolute atomic E-state index is 11.3. The molecule has 1 aromatic heterocycles. The summed E-state index contributed by atoms with van der Waals surface area (Å²) in [5.41, 5.74) is 0. The van der Waals surface area contributed by atoms with E-state index in [-0.39, 0.29) is 18.6 Å². The van der Waals surface area contributed by atoms with E-state index in [1.165, 1.54) is 0 Å². The van der Waals surface area contributed by atoms with Gasteiger partial charge in [0.2, 0.25) is 5.91 Å². The molecule has 17 heavy (non-hydrogen) atoms. The van der Waals surface area contributed by atoms with Crippen LogP contribution >= 0.6 is 0 Å². The number of hydrogen-bond donors (Lipinski definition) is 1. The van der Waals surface area contributed by atoms with E-state index in [2.05, 4.69) is 10.3 Å². The van der Waals surface area contributed by atoms with E-state index in [1.54, 1.807) is 12.5 Å². The fraction of sp³-hybridized carbons (Fsp3) is 0.667. The molecule has 0 fully saturated rings. The molecule has 0 aliphatic rings. The fourth-order valence-electron chi connectivity index (χ4n) is 1.36. The molecule has 96 valence electrons. The quantitative estimate of drug-likeness (QED) is 0.694. The standard InChI is InChI=1S/C12H21N3O2/c1-11(2)17-9-12(16)14-5-3-4-7-15-8-6-13-10-15/h6,8,10-11H,3-5,7,9H2,1-2H3,(H,14,16). The van der Waals surface area contributed by atoms with E-state index in [0.29, 0.717) is 6.54 Å². The van der Waals surface area contributed by atoms with E-state index >= 15 is 0 Å². The Bertz CT molecular complexity index is 310. The van der Waals surface area contributed by atoms with Crippen molar-refractivity contribution in [2.24, 2.45) is 0 Å². The first-order valence-electron chi connectivity index (χ1n) is 6.02. The van der Waals surface area contributed by atoms with Crippen LogP contribution in [0.5, 0.6) is 0 Å². The molecular weight excluding hydrogens is 218 g/mol. The average Bonchev–Trinajstić information content (AvgIpc) is 2.79. The smallest absolute Gasteiger partial charge is 0.246 e. The Morgan fingerprint density at radius 1 is 1.47 bits per heavy atom. The SMILES string of the molecule is CC(C)OCC(=O)NCCCCn1ccnc1. The monoisotopic (exact) mass is 239 g/mol. The number of hydrogen-bond acceptors (Lipinski definition) is 3. The molecule has 0 atom stereocenters. The predicted octanol–water partition coefficient (Wildman–Crippen LogP) is 1.20. The highest BCUT2D eigenvalue weighted by molar-refractivity contribution is 5.77. The number of carbonyl (C=O) groups excluding carboxylic acids is 1. The van der Waals surface area contributed by atoms with Crippen LogP contribution in [-0.2, 0) is 16.1 Å². The molecule has 0 aliphatic carbocycles. The van der Waals surface area contributed by atoms with Crippen molar-refractivity contribution in [1.29, 1.82) is 0 Å². The Morgan fingerprint density at radius 2 is 2.29 bits per heavy atom. The van der Waals surface area contributed by atoms with E-state index in [0.717, 1.165) is 19.4 Å². The Balaban J connectivity index is 1.95. The third-order valence-electron chi connectivity index (χ3n) is 2.27. The molecule has 0 bridgehead atoms. The average molecular weight is 239 g/mol. The van der Waals surface area contributed by atoms with Gasteiger partial charge in [0.25, 0.3) is 0 Å². The van der Waals surface area contributed by atoms with Gasteiger partial charge in [0.1, 0.15) is 6.61 Å². The third kappa shape index (κ3) is 6.73. The summed E-state index contributed by atoms with van der Waals surface area (Å²) in [4.78, 5) is 15.3. The summed E-state index contributed by atoms with van der Waals surface area (Å²) in [5.74, 6) is -0.0404. The van der Waals surface area contributed by atoms with Crippen LogP contribution in [0.15, 0.2) is 18.7 Å². The molecule has 1 rings (SSSR count). The van der Waals surface area contributed by atoms with E-state index in [4.69, 9.17) is 4.74 Å². The van der Waals surface area contributed by atoms with Crippen molar-refractivity contribution in [2.75, 3.05) is 13.2 Å². The first kappa shape index (κ1) is 13.7. The van der Waals surface area contributed by atoms with Crippen LogP contribution in [-0.4, -0.2) is 34.7 Å². The van der Waals surface area contributed by atoms with Crippen molar-refractivity contribution < 1.29 is 9.53 Å². The molecule has 0 saturated heterocycles. The first-order valence-corrected chi connectivity index (χ1v) is 6.02. The minimum Gasteiger partial charge on any atom is -0.369 e. The first-order chi connectivity index (χ1) is 8.18. The molecule has 1 amide bonds. The molecule has 0 saturated carbocycles. The summed E-state index contributed by atoms with van der Waals surface area (Å²) in [6.45, 7) is 5.63. The van der Waals surface area contributed by atoms with E-state index in [1.807, 2.05) is 24.6 Å². The van der Waals surface area contributed by atoms with Gasteiger partial charge in [-0.1, -0.05) is 0 Å². The molecule has 5 heteroatoms. The number of aryl methyl sites for hydroxylation is 1. The normalized spacial score (nSPS) is 10.8. The van der Waals surface area contributed by atoms with Crippen molar-refractivity contribution >= 4 is 5.91 Å². The van der Waals surface area contributed by atoms with Gasteiger partial charge in [-0.05, 0) is 26.7 Å². The number of nitrogens with one attached hydrogen (secondary N) is 1. The van der Waals surface area contributed by atoms with Gasteiger partial charge in [0.05, 0.1) is 12.4 Å². The molecule has 0 radical (unpaired) electrons. The molecule has 1 aromatic rings. The molecule has 0 unspecified atom stereocenters. The molecule has 0 spiro atoms. The van der Waals surface area contributed by atoms with Crippen molar-refractivity contribution in [3.05, 3.63) is 18.7 Å². The topological polar surface area (TPSA) is 56.1 Å². The number of ether oxygens (including phenoxy) is 1. The van der Waals surface area contributed by atoms with Gasteiger partial charge < -0.3 is 14.6 Å².